The molecule has 0 bridgehead atoms. The molecule has 0 spiro atoms. The third-order valence-corrected chi connectivity index (χ3v) is 3.31. The quantitative estimate of drug-likeness (QED) is 0.769. The van der Waals surface area contributed by atoms with Crippen molar-refractivity contribution >= 4 is 17.7 Å². The minimum Gasteiger partial charge on any atom is -0.480 e. The summed E-state index contributed by atoms with van der Waals surface area (Å²) in [5, 5.41) is 14.1. The van der Waals surface area contributed by atoms with Crippen LogP contribution in [-0.4, -0.2) is 29.8 Å². The van der Waals surface area contributed by atoms with E-state index < -0.39 is 12.6 Å². The van der Waals surface area contributed by atoms with E-state index >= 15 is 0 Å². The molecule has 2 rings (SSSR count). The van der Waals surface area contributed by atoms with Crippen LogP contribution in [0.1, 0.15) is 20.3 Å². The van der Waals surface area contributed by atoms with E-state index in [9.17, 15) is 9.59 Å². The molecule has 6 heteroatoms. The standard InChI is InChI=1S/C14H18N2O4/c1-14(2)7-11(14)16-13(19)15-9-5-3-4-6-10(9)20-8-12(17)18/h3-6,11H,7-8H2,1-2H3,(H,17,18)(H2,15,16,19). The summed E-state index contributed by atoms with van der Waals surface area (Å²) >= 11 is 0. The van der Waals surface area contributed by atoms with Crippen LogP contribution in [0.15, 0.2) is 24.3 Å². The number of nitrogens with one attached hydrogen (secondary N) is 2. The van der Waals surface area contributed by atoms with Gasteiger partial charge in [0, 0.05) is 6.04 Å². The summed E-state index contributed by atoms with van der Waals surface area (Å²) < 4.78 is 5.12. The van der Waals surface area contributed by atoms with E-state index in [1.165, 1.54) is 0 Å². The first-order valence-corrected chi connectivity index (χ1v) is 6.39. The molecular formula is C14H18N2O4. The first kappa shape index (κ1) is 14.2. The molecule has 0 aromatic heterocycles. The minimum absolute atomic E-state index is 0.149. The predicted octanol–water partition coefficient (Wildman–Crippen LogP) is 2.07. The summed E-state index contributed by atoms with van der Waals surface area (Å²) in [5.41, 5.74) is 0.598. The van der Waals surface area contributed by atoms with Gasteiger partial charge in [0.2, 0.25) is 0 Å². The number of para-hydroxylation sites is 2. The van der Waals surface area contributed by atoms with Crippen LogP contribution >= 0.6 is 0 Å². The summed E-state index contributed by atoms with van der Waals surface area (Å²) in [6.45, 7) is 3.72. The van der Waals surface area contributed by atoms with Crippen molar-refractivity contribution in [3.63, 3.8) is 0 Å². The Morgan fingerprint density at radius 2 is 2.05 bits per heavy atom. The normalized spacial score (nSPS) is 19.0. The number of carboxylic acid groups (broad SMARTS) is 1. The number of hydrogen-bond donors (Lipinski definition) is 3. The van der Waals surface area contributed by atoms with Crippen molar-refractivity contribution in [1.29, 1.82) is 0 Å². The van der Waals surface area contributed by atoms with Crippen LogP contribution < -0.4 is 15.4 Å². The van der Waals surface area contributed by atoms with E-state index in [0.717, 1.165) is 6.42 Å². The Kier molecular flexibility index (Phi) is 3.83. The Balaban J connectivity index is 1.94. The molecule has 108 valence electrons. The van der Waals surface area contributed by atoms with E-state index in [1.54, 1.807) is 24.3 Å². The van der Waals surface area contributed by atoms with Crippen LogP contribution in [0.3, 0.4) is 0 Å². The van der Waals surface area contributed by atoms with Crippen molar-refractivity contribution in [1.82, 2.24) is 5.32 Å². The number of carbonyl (C=O) groups is 2. The zero-order valence-corrected chi connectivity index (χ0v) is 11.5. The van der Waals surface area contributed by atoms with Gasteiger partial charge in [0.1, 0.15) is 5.75 Å². The summed E-state index contributed by atoms with van der Waals surface area (Å²) in [5.74, 6) is -0.732. The summed E-state index contributed by atoms with van der Waals surface area (Å²) in [6, 6.07) is 6.59. The Morgan fingerprint density at radius 1 is 1.40 bits per heavy atom. The topological polar surface area (TPSA) is 87.7 Å². The fourth-order valence-electron chi connectivity index (χ4n) is 1.87. The van der Waals surface area contributed by atoms with E-state index in [2.05, 4.69) is 24.5 Å². The van der Waals surface area contributed by atoms with E-state index in [1.807, 2.05) is 0 Å². The first-order chi connectivity index (χ1) is 9.38. The molecule has 2 amide bonds. The van der Waals surface area contributed by atoms with Gasteiger partial charge >= 0.3 is 12.0 Å². The molecule has 0 saturated heterocycles. The van der Waals surface area contributed by atoms with Gasteiger partial charge in [-0.3, -0.25) is 0 Å². The fourth-order valence-corrected chi connectivity index (χ4v) is 1.87. The van der Waals surface area contributed by atoms with Crippen LogP contribution in [0.2, 0.25) is 0 Å². The number of urea groups is 1. The molecule has 1 aromatic carbocycles. The molecule has 3 N–H and O–H groups in total. The molecule has 1 atom stereocenters. The lowest BCUT2D eigenvalue weighted by Gasteiger charge is -2.12. The lowest BCUT2D eigenvalue weighted by atomic mass is 10.2. The Hall–Kier alpha value is -2.24. The molecule has 1 unspecified atom stereocenters. The van der Waals surface area contributed by atoms with Crippen molar-refractivity contribution in [2.75, 3.05) is 11.9 Å². The molecule has 6 nitrogen and oxygen atoms in total. The summed E-state index contributed by atoms with van der Waals surface area (Å²) in [6.07, 6.45) is 0.956. The van der Waals surface area contributed by atoms with Gasteiger partial charge in [-0.05, 0) is 24.0 Å². The average molecular weight is 278 g/mol. The van der Waals surface area contributed by atoms with Gasteiger partial charge in [-0.2, -0.15) is 0 Å². The maximum absolute atomic E-state index is 11.8. The number of benzene rings is 1. The van der Waals surface area contributed by atoms with Gasteiger partial charge in [0.05, 0.1) is 5.69 Å². The third-order valence-electron chi connectivity index (χ3n) is 3.31. The maximum Gasteiger partial charge on any atom is 0.341 e. The van der Waals surface area contributed by atoms with Gasteiger partial charge in [0.25, 0.3) is 0 Å². The molecule has 1 aromatic rings. The van der Waals surface area contributed by atoms with E-state index in [4.69, 9.17) is 9.84 Å². The molecule has 0 heterocycles. The highest BCUT2D eigenvalue weighted by Crippen LogP contribution is 2.44. The SMILES string of the molecule is CC1(C)CC1NC(=O)Nc1ccccc1OCC(=O)O. The van der Waals surface area contributed by atoms with Crippen molar-refractivity contribution < 1.29 is 19.4 Å². The number of ether oxygens (including phenoxy) is 1. The second-order valence-corrected chi connectivity index (χ2v) is 5.52. The average Bonchev–Trinajstić information content (AvgIpc) is 2.95. The molecule has 20 heavy (non-hydrogen) atoms. The van der Waals surface area contributed by atoms with Crippen LogP contribution in [0, 0.1) is 5.41 Å². The van der Waals surface area contributed by atoms with E-state index in [0.29, 0.717) is 11.4 Å². The third kappa shape index (κ3) is 3.63. The van der Waals surface area contributed by atoms with Crippen LogP contribution in [0.5, 0.6) is 5.75 Å². The minimum atomic E-state index is -1.07. The highest BCUT2D eigenvalue weighted by Gasteiger charge is 2.46. The number of amides is 2. The zero-order valence-electron chi connectivity index (χ0n) is 11.5. The number of carbonyl (C=O) groups excluding carboxylic acids is 1. The van der Waals surface area contributed by atoms with Crippen molar-refractivity contribution in [3.05, 3.63) is 24.3 Å². The number of rotatable bonds is 5. The molecular weight excluding hydrogens is 260 g/mol. The van der Waals surface area contributed by atoms with Crippen molar-refractivity contribution in [2.24, 2.45) is 5.41 Å². The molecule has 0 radical (unpaired) electrons. The number of anilines is 1. The van der Waals surface area contributed by atoms with Gasteiger partial charge in [0.15, 0.2) is 6.61 Å². The second-order valence-electron chi connectivity index (χ2n) is 5.52. The summed E-state index contributed by atoms with van der Waals surface area (Å²) in [4.78, 5) is 22.4. The molecule has 1 fully saturated rings. The van der Waals surface area contributed by atoms with E-state index in [-0.39, 0.29) is 17.5 Å². The Labute approximate surface area is 117 Å². The zero-order chi connectivity index (χ0) is 14.8. The smallest absolute Gasteiger partial charge is 0.341 e. The van der Waals surface area contributed by atoms with Crippen LogP contribution in [-0.2, 0) is 4.79 Å². The molecule has 1 aliphatic carbocycles. The van der Waals surface area contributed by atoms with Crippen LogP contribution in [0.25, 0.3) is 0 Å². The van der Waals surface area contributed by atoms with Crippen molar-refractivity contribution in [2.45, 2.75) is 26.3 Å². The summed E-state index contributed by atoms with van der Waals surface area (Å²) in [7, 11) is 0. The highest BCUT2D eigenvalue weighted by atomic mass is 16.5. The van der Waals surface area contributed by atoms with Gasteiger partial charge in [-0.25, -0.2) is 9.59 Å². The number of carboxylic acids is 1. The number of hydrogen-bond acceptors (Lipinski definition) is 3. The fraction of sp³-hybridized carbons (Fsp3) is 0.429. The maximum atomic E-state index is 11.8. The largest absolute Gasteiger partial charge is 0.480 e. The molecule has 0 aliphatic heterocycles. The van der Waals surface area contributed by atoms with Crippen LogP contribution in [0.4, 0.5) is 10.5 Å². The lowest BCUT2D eigenvalue weighted by Crippen LogP contribution is -2.32. The van der Waals surface area contributed by atoms with Gasteiger partial charge in [-0.15, -0.1) is 0 Å². The van der Waals surface area contributed by atoms with Gasteiger partial charge in [-0.1, -0.05) is 26.0 Å². The monoisotopic (exact) mass is 278 g/mol. The Bertz CT molecular complexity index is 528. The lowest BCUT2D eigenvalue weighted by molar-refractivity contribution is -0.139. The predicted molar refractivity (Wildman–Crippen MR) is 73.9 cm³/mol. The first-order valence-electron chi connectivity index (χ1n) is 6.39. The molecule has 1 aliphatic rings. The Morgan fingerprint density at radius 3 is 2.65 bits per heavy atom. The highest BCUT2D eigenvalue weighted by molar-refractivity contribution is 5.91. The van der Waals surface area contributed by atoms with Crippen molar-refractivity contribution in [3.8, 4) is 5.75 Å². The number of aliphatic carboxylic acids is 1. The second kappa shape index (κ2) is 5.40. The van der Waals surface area contributed by atoms with Gasteiger partial charge < -0.3 is 20.5 Å². The molecule has 1 saturated carbocycles.